The second-order valence-electron chi connectivity index (χ2n) is 4.93. The Morgan fingerprint density at radius 3 is 2.48 bits per heavy atom. The van der Waals surface area contributed by atoms with Gasteiger partial charge < -0.3 is 5.32 Å². The van der Waals surface area contributed by atoms with E-state index in [1.165, 1.54) is 12.1 Å². The molecule has 0 bridgehead atoms. The zero-order chi connectivity index (χ0) is 16.9. The Morgan fingerprint density at radius 1 is 1.13 bits per heavy atom. The maximum atomic E-state index is 12.8. The molecule has 4 nitrogen and oxygen atoms in total. The molecule has 0 fully saturated rings. The normalized spacial score (nSPS) is 11.2. The van der Waals surface area contributed by atoms with Gasteiger partial charge in [0, 0.05) is 18.0 Å². The molecule has 0 spiro atoms. The van der Waals surface area contributed by atoms with E-state index in [0.717, 1.165) is 17.7 Å². The summed E-state index contributed by atoms with van der Waals surface area (Å²) in [6.45, 7) is 0.274. The molecule has 23 heavy (non-hydrogen) atoms. The number of hydrogen-bond acceptors (Lipinski definition) is 3. The van der Waals surface area contributed by atoms with Gasteiger partial charge in [-0.25, -0.2) is 12.8 Å². The molecule has 0 radical (unpaired) electrons. The first-order chi connectivity index (χ1) is 10.9. The molecule has 0 saturated carbocycles. The Balaban J connectivity index is 1.87. The molecule has 0 aromatic heterocycles. The van der Waals surface area contributed by atoms with Crippen LogP contribution in [-0.2, 0) is 21.2 Å². The predicted octanol–water partition coefficient (Wildman–Crippen LogP) is 2.96. The van der Waals surface area contributed by atoms with Gasteiger partial charge in [-0.15, -0.1) is 0 Å². The van der Waals surface area contributed by atoms with Crippen molar-refractivity contribution in [3.05, 3.63) is 64.9 Å². The minimum atomic E-state index is -3.61. The van der Waals surface area contributed by atoms with Crippen molar-refractivity contribution in [3.8, 4) is 0 Å². The molecule has 0 unspecified atom stereocenters. The number of halogens is 2. The summed E-state index contributed by atoms with van der Waals surface area (Å²) >= 11 is 5.84. The Labute approximate surface area is 139 Å². The smallest absolute Gasteiger partial charge is 0.221 e. The molecule has 0 saturated heterocycles. The van der Waals surface area contributed by atoms with Gasteiger partial charge in [0.05, 0.1) is 10.6 Å². The average Bonchev–Trinajstić information content (AvgIpc) is 2.51. The van der Waals surface area contributed by atoms with Gasteiger partial charge in [-0.3, -0.25) is 4.79 Å². The van der Waals surface area contributed by atoms with Crippen LogP contribution in [0.15, 0.2) is 53.4 Å². The van der Waals surface area contributed by atoms with Gasteiger partial charge in [-0.05, 0) is 42.0 Å². The standard InChI is InChI=1S/C16H15ClFNO3S/c17-13-3-1-2-12(10-13)11-19-16(20)8-9-23(21,22)15-6-4-14(18)5-7-15/h1-7,10H,8-9,11H2,(H,19,20). The summed E-state index contributed by atoms with van der Waals surface area (Å²) in [5, 5.41) is 3.20. The molecule has 0 atom stereocenters. The summed E-state index contributed by atoms with van der Waals surface area (Å²) in [6, 6.07) is 11.5. The lowest BCUT2D eigenvalue weighted by molar-refractivity contribution is -0.120. The van der Waals surface area contributed by atoms with Gasteiger partial charge in [0.1, 0.15) is 5.82 Å². The molecule has 2 aromatic rings. The quantitative estimate of drug-likeness (QED) is 0.810. The lowest BCUT2D eigenvalue weighted by atomic mass is 10.2. The van der Waals surface area contributed by atoms with Crippen LogP contribution in [0.25, 0.3) is 0 Å². The van der Waals surface area contributed by atoms with E-state index < -0.39 is 15.7 Å². The maximum Gasteiger partial charge on any atom is 0.221 e. The predicted molar refractivity (Wildman–Crippen MR) is 86.4 cm³/mol. The fraction of sp³-hybridized carbons (Fsp3) is 0.188. The molecule has 0 aliphatic rings. The zero-order valence-corrected chi connectivity index (χ0v) is 13.7. The first-order valence-electron chi connectivity index (χ1n) is 6.86. The first kappa shape index (κ1) is 17.4. The molecule has 0 aliphatic carbocycles. The van der Waals surface area contributed by atoms with Crippen molar-refractivity contribution < 1.29 is 17.6 Å². The second-order valence-corrected chi connectivity index (χ2v) is 7.48. The van der Waals surface area contributed by atoms with E-state index in [9.17, 15) is 17.6 Å². The van der Waals surface area contributed by atoms with Crippen molar-refractivity contribution >= 4 is 27.3 Å². The van der Waals surface area contributed by atoms with E-state index in [1.54, 1.807) is 24.3 Å². The van der Waals surface area contributed by atoms with Gasteiger partial charge >= 0.3 is 0 Å². The molecule has 1 amide bonds. The molecular formula is C16H15ClFNO3S. The SMILES string of the molecule is O=C(CCS(=O)(=O)c1ccc(F)cc1)NCc1cccc(Cl)c1. The van der Waals surface area contributed by atoms with E-state index in [0.29, 0.717) is 5.02 Å². The summed E-state index contributed by atoms with van der Waals surface area (Å²) in [4.78, 5) is 11.8. The van der Waals surface area contributed by atoms with E-state index in [4.69, 9.17) is 11.6 Å². The monoisotopic (exact) mass is 355 g/mol. The molecule has 0 heterocycles. The number of rotatable bonds is 6. The lowest BCUT2D eigenvalue weighted by Gasteiger charge is -2.07. The van der Waals surface area contributed by atoms with Crippen molar-refractivity contribution in [2.24, 2.45) is 0 Å². The summed E-state index contributed by atoms with van der Waals surface area (Å²) in [7, 11) is -3.61. The van der Waals surface area contributed by atoms with Crippen LogP contribution in [0.1, 0.15) is 12.0 Å². The van der Waals surface area contributed by atoms with Crippen LogP contribution in [0, 0.1) is 5.82 Å². The lowest BCUT2D eigenvalue weighted by Crippen LogP contribution is -2.25. The fourth-order valence-corrected chi connectivity index (χ4v) is 3.38. The number of carbonyl (C=O) groups excluding carboxylic acids is 1. The van der Waals surface area contributed by atoms with Crippen molar-refractivity contribution in [1.82, 2.24) is 5.32 Å². The highest BCUT2D eigenvalue weighted by Crippen LogP contribution is 2.13. The molecule has 2 aromatic carbocycles. The van der Waals surface area contributed by atoms with E-state index in [-0.39, 0.29) is 29.5 Å². The van der Waals surface area contributed by atoms with E-state index in [2.05, 4.69) is 5.32 Å². The van der Waals surface area contributed by atoms with Crippen molar-refractivity contribution in [2.45, 2.75) is 17.9 Å². The highest BCUT2D eigenvalue weighted by molar-refractivity contribution is 7.91. The van der Waals surface area contributed by atoms with Crippen LogP contribution in [0.4, 0.5) is 4.39 Å². The third kappa shape index (κ3) is 5.33. The summed E-state index contributed by atoms with van der Waals surface area (Å²) in [6.07, 6.45) is -0.166. The minimum absolute atomic E-state index is 0.00143. The molecule has 1 N–H and O–H groups in total. The summed E-state index contributed by atoms with van der Waals surface area (Å²) in [5.41, 5.74) is 0.826. The van der Waals surface area contributed by atoms with E-state index in [1.807, 2.05) is 0 Å². The number of sulfone groups is 1. The Kier molecular flexibility index (Phi) is 5.74. The van der Waals surface area contributed by atoms with Crippen LogP contribution in [0.5, 0.6) is 0 Å². The Morgan fingerprint density at radius 2 is 1.83 bits per heavy atom. The number of nitrogens with one attached hydrogen (secondary N) is 1. The van der Waals surface area contributed by atoms with Gasteiger partial charge in [-0.2, -0.15) is 0 Å². The topological polar surface area (TPSA) is 63.2 Å². The van der Waals surface area contributed by atoms with Crippen LogP contribution in [0.2, 0.25) is 5.02 Å². The third-order valence-corrected chi connectivity index (χ3v) is 5.12. The number of amides is 1. The van der Waals surface area contributed by atoms with Crippen molar-refractivity contribution in [1.29, 1.82) is 0 Å². The molecule has 122 valence electrons. The number of benzene rings is 2. The fourth-order valence-electron chi connectivity index (χ4n) is 1.92. The van der Waals surface area contributed by atoms with Crippen molar-refractivity contribution in [3.63, 3.8) is 0 Å². The molecule has 7 heteroatoms. The van der Waals surface area contributed by atoms with Crippen LogP contribution >= 0.6 is 11.6 Å². The van der Waals surface area contributed by atoms with Crippen LogP contribution in [0.3, 0.4) is 0 Å². The van der Waals surface area contributed by atoms with Gasteiger partial charge in [-0.1, -0.05) is 23.7 Å². The van der Waals surface area contributed by atoms with Crippen LogP contribution in [-0.4, -0.2) is 20.1 Å². The van der Waals surface area contributed by atoms with Gasteiger partial charge in [0.25, 0.3) is 0 Å². The highest BCUT2D eigenvalue weighted by Gasteiger charge is 2.16. The Hall–Kier alpha value is -1.92. The Bertz CT molecular complexity index is 791. The second kappa shape index (κ2) is 7.57. The minimum Gasteiger partial charge on any atom is -0.352 e. The summed E-state index contributed by atoms with van der Waals surface area (Å²) < 4.78 is 36.9. The summed E-state index contributed by atoms with van der Waals surface area (Å²) in [5.74, 6) is -1.22. The third-order valence-electron chi connectivity index (χ3n) is 3.15. The first-order valence-corrected chi connectivity index (χ1v) is 8.89. The van der Waals surface area contributed by atoms with Crippen LogP contribution < -0.4 is 5.32 Å². The average molecular weight is 356 g/mol. The largest absolute Gasteiger partial charge is 0.352 e. The van der Waals surface area contributed by atoms with E-state index >= 15 is 0 Å². The number of hydrogen-bond donors (Lipinski definition) is 1. The zero-order valence-electron chi connectivity index (χ0n) is 12.1. The molecule has 0 aliphatic heterocycles. The molecule has 2 rings (SSSR count). The maximum absolute atomic E-state index is 12.8. The number of carbonyl (C=O) groups is 1. The highest BCUT2D eigenvalue weighted by atomic mass is 35.5. The van der Waals surface area contributed by atoms with Gasteiger partial charge in [0.15, 0.2) is 9.84 Å². The van der Waals surface area contributed by atoms with Gasteiger partial charge in [0.2, 0.25) is 5.91 Å². The molecular weight excluding hydrogens is 341 g/mol. The van der Waals surface area contributed by atoms with Crippen molar-refractivity contribution in [2.75, 3.05) is 5.75 Å².